The molecule has 0 radical (unpaired) electrons. The molecule has 0 saturated heterocycles. The number of nitrogens with two attached hydrogens (primary N) is 1. The number of carbonyl (C=O) groups is 1. The van der Waals surface area contributed by atoms with Crippen molar-refractivity contribution in [1.29, 1.82) is 0 Å². The van der Waals surface area contributed by atoms with Crippen LogP contribution in [-0.4, -0.2) is 29.9 Å². The topological polar surface area (TPSA) is 46.3 Å². The van der Waals surface area contributed by atoms with Gasteiger partial charge in [-0.25, -0.2) is 0 Å². The Morgan fingerprint density at radius 1 is 1.43 bits per heavy atom. The van der Waals surface area contributed by atoms with Gasteiger partial charge in [-0.1, -0.05) is 26.0 Å². The third-order valence-corrected chi connectivity index (χ3v) is 2.54. The maximum Gasteiger partial charge on any atom is 0.242 e. The Morgan fingerprint density at radius 3 is 2.14 bits per heavy atom. The lowest BCUT2D eigenvalue weighted by Crippen LogP contribution is -2.53. The molecule has 0 saturated carbocycles. The molecule has 0 rings (SSSR count). The van der Waals surface area contributed by atoms with Crippen LogP contribution in [0.1, 0.15) is 33.6 Å². The molecule has 0 aromatic carbocycles. The van der Waals surface area contributed by atoms with Gasteiger partial charge in [0.2, 0.25) is 5.91 Å². The number of likely N-dealkylation sites (N-methyl/N-ethyl adjacent to an activating group) is 1. The number of carbonyl (C=O) groups excluding carboxylic acids is 1. The van der Waals surface area contributed by atoms with E-state index in [1.54, 1.807) is 11.9 Å². The van der Waals surface area contributed by atoms with Crippen molar-refractivity contribution < 1.29 is 4.79 Å². The molecule has 0 atom stereocenters. The molecule has 0 aromatic heterocycles. The largest absolute Gasteiger partial charge is 0.340 e. The van der Waals surface area contributed by atoms with Crippen molar-refractivity contribution in [3.63, 3.8) is 0 Å². The second-order valence-corrected chi connectivity index (χ2v) is 3.98. The van der Waals surface area contributed by atoms with Gasteiger partial charge in [0.1, 0.15) is 0 Å². The fourth-order valence-electron chi connectivity index (χ4n) is 1.41. The van der Waals surface area contributed by atoms with E-state index in [4.69, 9.17) is 5.73 Å². The molecule has 0 aliphatic rings. The average molecular weight is 198 g/mol. The highest BCUT2D eigenvalue weighted by Crippen LogP contribution is 2.14. The first-order valence-electron chi connectivity index (χ1n) is 5.06. The molecule has 0 aliphatic carbocycles. The van der Waals surface area contributed by atoms with Gasteiger partial charge in [-0.3, -0.25) is 4.79 Å². The Bertz CT molecular complexity index is 219. The molecular formula is C11H22N2O. The van der Waals surface area contributed by atoms with Crippen molar-refractivity contribution in [1.82, 2.24) is 4.90 Å². The lowest BCUT2D eigenvalue weighted by atomic mass is 9.92. The molecule has 0 bridgehead atoms. The molecule has 3 heteroatoms. The average Bonchev–Trinajstić information content (AvgIpc) is 2.14. The van der Waals surface area contributed by atoms with Crippen molar-refractivity contribution in [3.05, 3.63) is 12.2 Å². The van der Waals surface area contributed by atoms with Crippen LogP contribution in [0.5, 0.6) is 0 Å². The minimum Gasteiger partial charge on any atom is -0.340 e. The summed E-state index contributed by atoms with van der Waals surface area (Å²) in [6.07, 6.45) is 1.34. The molecule has 2 N–H and O–H groups in total. The molecule has 0 fully saturated rings. The van der Waals surface area contributed by atoms with Crippen LogP contribution in [0, 0.1) is 0 Å². The number of amides is 1. The second-order valence-electron chi connectivity index (χ2n) is 3.98. The summed E-state index contributed by atoms with van der Waals surface area (Å²) in [7, 11) is 1.77. The van der Waals surface area contributed by atoms with E-state index < -0.39 is 5.54 Å². The molecule has 0 spiro atoms. The van der Waals surface area contributed by atoms with Crippen molar-refractivity contribution in [2.75, 3.05) is 13.6 Å². The smallest absolute Gasteiger partial charge is 0.242 e. The summed E-state index contributed by atoms with van der Waals surface area (Å²) in [4.78, 5) is 13.6. The predicted molar refractivity (Wildman–Crippen MR) is 60.0 cm³/mol. The van der Waals surface area contributed by atoms with Crippen LogP contribution >= 0.6 is 0 Å². The first kappa shape index (κ1) is 13.2. The summed E-state index contributed by atoms with van der Waals surface area (Å²) in [6, 6.07) is 0. The summed E-state index contributed by atoms with van der Waals surface area (Å²) in [5, 5.41) is 0. The van der Waals surface area contributed by atoms with Gasteiger partial charge in [-0.05, 0) is 19.8 Å². The van der Waals surface area contributed by atoms with E-state index in [1.807, 2.05) is 20.8 Å². The van der Waals surface area contributed by atoms with Gasteiger partial charge in [0.05, 0.1) is 5.54 Å². The van der Waals surface area contributed by atoms with Crippen LogP contribution in [0.25, 0.3) is 0 Å². The molecule has 14 heavy (non-hydrogen) atoms. The highest BCUT2D eigenvalue weighted by atomic mass is 16.2. The summed E-state index contributed by atoms with van der Waals surface area (Å²) in [5.41, 5.74) is 6.26. The Balaban J connectivity index is 4.50. The van der Waals surface area contributed by atoms with Crippen molar-refractivity contribution in [2.24, 2.45) is 5.73 Å². The molecule has 3 nitrogen and oxygen atoms in total. The van der Waals surface area contributed by atoms with E-state index in [9.17, 15) is 4.79 Å². The van der Waals surface area contributed by atoms with Crippen molar-refractivity contribution >= 4 is 5.91 Å². The van der Waals surface area contributed by atoms with Crippen LogP contribution in [0.4, 0.5) is 0 Å². The van der Waals surface area contributed by atoms with Crippen LogP contribution in [-0.2, 0) is 4.79 Å². The normalized spacial score (nSPS) is 11.2. The lowest BCUT2D eigenvalue weighted by molar-refractivity contribution is -0.135. The Morgan fingerprint density at radius 2 is 1.86 bits per heavy atom. The summed E-state index contributed by atoms with van der Waals surface area (Å²) < 4.78 is 0. The predicted octanol–water partition coefficient (Wildman–Crippen LogP) is 1.54. The number of hydrogen-bond acceptors (Lipinski definition) is 2. The third-order valence-electron chi connectivity index (χ3n) is 2.54. The van der Waals surface area contributed by atoms with Gasteiger partial charge in [0, 0.05) is 13.6 Å². The lowest BCUT2D eigenvalue weighted by Gasteiger charge is -2.30. The van der Waals surface area contributed by atoms with Gasteiger partial charge in [-0.2, -0.15) is 0 Å². The van der Waals surface area contributed by atoms with E-state index in [0.29, 0.717) is 19.4 Å². The van der Waals surface area contributed by atoms with Gasteiger partial charge < -0.3 is 10.6 Å². The Labute approximate surface area is 87.0 Å². The van der Waals surface area contributed by atoms with E-state index in [2.05, 4.69) is 6.58 Å². The molecule has 0 aromatic rings. The zero-order chi connectivity index (χ0) is 11.4. The fraction of sp³-hybridized carbons (Fsp3) is 0.727. The number of nitrogens with zero attached hydrogens (tertiary/aromatic N) is 1. The van der Waals surface area contributed by atoms with Crippen molar-refractivity contribution in [3.8, 4) is 0 Å². The number of hydrogen-bond donors (Lipinski definition) is 1. The Kier molecular flexibility index (Phi) is 4.85. The van der Waals surface area contributed by atoms with Crippen LogP contribution in [0.3, 0.4) is 0 Å². The zero-order valence-corrected chi connectivity index (χ0v) is 9.76. The minimum absolute atomic E-state index is 0.00509. The molecule has 0 aliphatic heterocycles. The highest BCUT2D eigenvalue weighted by Gasteiger charge is 2.32. The van der Waals surface area contributed by atoms with Gasteiger partial charge in [-0.15, -0.1) is 0 Å². The van der Waals surface area contributed by atoms with E-state index in [-0.39, 0.29) is 5.91 Å². The highest BCUT2D eigenvalue weighted by molar-refractivity contribution is 5.86. The summed E-state index contributed by atoms with van der Waals surface area (Å²) in [5.74, 6) is 0.00509. The minimum atomic E-state index is -0.704. The van der Waals surface area contributed by atoms with Crippen molar-refractivity contribution in [2.45, 2.75) is 39.2 Å². The second kappa shape index (κ2) is 5.15. The van der Waals surface area contributed by atoms with Gasteiger partial charge in [0.15, 0.2) is 0 Å². The quantitative estimate of drug-likeness (QED) is 0.681. The summed E-state index contributed by atoms with van der Waals surface area (Å²) in [6.45, 7) is 10.1. The van der Waals surface area contributed by atoms with Gasteiger partial charge in [0.25, 0.3) is 0 Å². The molecular weight excluding hydrogens is 176 g/mol. The zero-order valence-electron chi connectivity index (χ0n) is 9.76. The Hall–Kier alpha value is -0.830. The van der Waals surface area contributed by atoms with E-state index in [1.165, 1.54) is 0 Å². The standard InChI is InChI=1S/C11H22N2O/c1-6-11(12,7-2)10(14)13(5)8-9(3)4/h3,6-8,12H2,1-2,4-5H3. The fourth-order valence-corrected chi connectivity index (χ4v) is 1.41. The maximum absolute atomic E-state index is 11.9. The molecule has 0 heterocycles. The third kappa shape index (κ3) is 3.14. The molecule has 0 unspecified atom stereocenters. The first-order chi connectivity index (χ1) is 6.37. The monoisotopic (exact) mass is 198 g/mol. The molecule has 82 valence electrons. The maximum atomic E-state index is 11.9. The van der Waals surface area contributed by atoms with Crippen LogP contribution in [0.2, 0.25) is 0 Å². The van der Waals surface area contributed by atoms with Crippen LogP contribution < -0.4 is 5.73 Å². The van der Waals surface area contributed by atoms with Gasteiger partial charge >= 0.3 is 0 Å². The van der Waals surface area contributed by atoms with E-state index >= 15 is 0 Å². The number of rotatable bonds is 5. The SMILES string of the molecule is C=C(C)CN(C)C(=O)C(N)(CC)CC. The van der Waals surface area contributed by atoms with Crippen LogP contribution in [0.15, 0.2) is 12.2 Å². The van der Waals surface area contributed by atoms with E-state index in [0.717, 1.165) is 5.57 Å². The first-order valence-corrected chi connectivity index (χ1v) is 5.06. The summed E-state index contributed by atoms with van der Waals surface area (Å²) >= 11 is 0. The molecule has 1 amide bonds.